The van der Waals surface area contributed by atoms with Crippen molar-refractivity contribution in [1.82, 2.24) is 4.98 Å². The molecule has 2 aromatic heterocycles. The van der Waals surface area contributed by atoms with Crippen LogP contribution in [-0.4, -0.2) is 10.1 Å². The van der Waals surface area contributed by atoms with Gasteiger partial charge in [-0.05, 0) is 37.8 Å². The van der Waals surface area contributed by atoms with Crippen LogP contribution in [-0.2, 0) is 5.60 Å². The fraction of sp³-hybridized carbons (Fsp3) is 0.364. The zero-order chi connectivity index (χ0) is 11.1. The van der Waals surface area contributed by atoms with E-state index in [2.05, 4.69) is 23.4 Å². The van der Waals surface area contributed by atoms with Crippen LogP contribution >= 0.6 is 22.7 Å². The Labute approximate surface area is 97.2 Å². The van der Waals surface area contributed by atoms with E-state index in [0.29, 0.717) is 0 Å². The molecule has 2 nitrogen and oxygen atoms in total. The summed E-state index contributed by atoms with van der Waals surface area (Å²) in [5, 5.41) is 14.7. The summed E-state index contributed by atoms with van der Waals surface area (Å²) in [7, 11) is 0. The number of hydrogen-bond donors (Lipinski definition) is 1. The molecule has 0 saturated heterocycles. The number of rotatable bonds is 2. The van der Waals surface area contributed by atoms with Crippen LogP contribution in [0, 0.1) is 6.92 Å². The van der Waals surface area contributed by atoms with Gasteiger partial charge in [-0.15, -0.1) is 22.7 Å². The maximum absolute atomic E-state index is 9.82. The zero-order valence-electron chi connectivity index (χ0n) is 8.94. The largest absolute Gasteiger partial charge is 0.383 e. The van der Waals surface area contributed by atoms with Crippen molar-refractivity contribution in [2.75, 3.05) is 0 Å². The third kappa shape index (κ3) is 2.12. The van der Waals surface area contributed by atoms with E-state index >= 15 is 0 Å². The fourth-order valence-electron chi connectivity index (χ4n) is 1.29. The number of thiazole rings is 1. The number of aliphatic hydroxyl groups is 1. The normalized spacial score (nSPS) is 12.0. The van der Waals surface area contributed by atoms with Gasteiger partial charge >= 0.3 is 0 Å². The Bertz CT molecular complexity index is 465. The van der Waals surface area contributed by atoms with Crippen molar-refractivity contribution in [3.8, 4) is 10.6 Å². The monoisotopic (exact) mass is 239 g/mol. The van der Waals surface area contributed by atoms with Gasteiger partial charge in [0.25, 0.3) is 0 Å². The minimum atomic E-state index is -0.839. The Morgan fingerprint density at radius 1 is 1.33 bits per heavy atom. The van der Waals surface area contributed by atoms with Crippen LogP contribution in [0.15, 0.2) is 16.8 Å². The summed E-state index contributed by atoms with van der Waals surface area (Å²) < 4.78 is 0. The molecule has 1 N–H and O–H groups in total. The van der Waals surface area contributed by atoms with Crippen LogP contribution in [0.5, 0.6) is 0 Å². The molecule has 2 rings (SSSR count). The van der Waals surface area contributed by atoms with Crippen LogP contribution in [0.4, 0.5) is 0 Å². The summed E-state index contributed by atoms with van der Waals surface area (Å²) >= 11 is 3.20. The van der Waals surface area contributed by atoms with Gasteiger partial charge in [-0.3, -0.25) is 0 Å². The lowest BCUT2D eigenvalue weighted by atomic mass is 10.1. The molecule has 0 aliphatic rings. The van der Waals surface area contributed by atoms with E-state index < -0.39 is 5.60 Å². The van der Waals surface area contributed by atoms with E-state index in [1.807, 2.05) is 5.38 Å². The minimum absolute atomic E-state index is 0.769. The van der Waals surface area contributed by atoms with Crippen LogP contribution in [0.3, 0.4) is 0 Å². The van der Waals surface area contributed by atoms with E-state index in [1.54, 1.807) is 25.2 Å². The molecule has 0 aliphatic carbocycles. The Morgan fingerprint density at radius 2 is 2.07 bits per heavy atom. The van der Waals surface area contributed by atoms with Gasteiger partial charge in [0.05, 0.1) is 10.6 Å². The molecule has 0 bridgehead atoms. The van der Waals surface area contributed by atoms with Crippen LogP contribution in [0.2, 0.25) is 0 Å². The molecule has 0 aliphatic heterocycles. The molecule has 0 fully saturated rings. The smallest absolute Gasteiger partial charge is 0.124 e. The zero-order valence-corrected chi connectivity index (χ0v) is 10.6. The minimum Gasteiger partial charge on any atom is -0.383 e. The Kier molecular flexibility index (Phi) is 2.66. The van der Waals surface area contributed by atoms with Gasteiger partial charge in [0.2, 0.25) is 0 Å². The maximum atomic E-state index is 9.82. The van der Waals surface area contributed by atoms with E-state index in [4.69, 9.17) is 0 Å². The highest BCUT2D eigenvalue weighted by molar-refractivity contribution is 7.14. The van der Waals surface area contributed by atoms with Gasteiger partial charge < -0.3 is 5.11 Å². The SMILES string of the molecule is Cc1ccsc1-c1csc(C(C)(C)O)n1. The third-order valence-corrected chi connectivity index (χ3v) is 4.32. The first-order valence-corrected chi connectivity index (χ1v) is 6.47. The van der Waals surface area contributed by atoms with Gasteiger partial charge in [0.1, 0.15) is 10.6 Å². The number of aryl methyl sites for hydroxylation is 1. The maximum Gasteiger partial charge on any atom is 0.124 e. The molecule has 4 heteroatoms. The summed E-state index contributed by atoms with van der Waals surface area (Å²) in [6.07, 6.45) is 0. The van der Waals surface area contributed by atoms with E-state index in [-0.39, 0.29) is 0 Å². The van der Waals surface area contributed by atoms with Crippen molar-refractivity contribution in [2.45, 2.75) is 26.4 Å². The summed E-state index contributed by atoms with van der Waals surface area (Å²) in [4.78, 5) is 5.66. The molecule has 2 aromatic rings. The predicted molar refractivity (Wildman–Crippen MR) is 65.4 cm³/mol. The molecule has 0 radical (unpaired) electrons. The van der Waals surface area contributed by atoms with Crippen molar-refractivity contribution in [3.63, 3.8) is 0 Å². The van der Waals surface area contributed by atoms with Gasteiger partial charge in [0.15, 0.2) is 0 Å². The van der Waals surface area contributed by atoms with Crippen molar-refractivity contribution in [2.24, 2.45) is 0 Å². The van der Waals surface area contributed by atoms with E-state index in [0.717, 1.165) is 10.7 Å². The number of aromatic nitrogens is 1. The predicted octanol–water partition coefficient (Wildman–Crippen LogP) is 3.41. The summed E-state index contributed by atoms with van der Waals surface area (Å²) in [6, 6.07) is 2.09. The van der Waals surface area contributed by atoms with Crippen molar-refractivity contribution >= 4 is 22.7 Å². The Hall–Kier alpha value is -0.710. The second kappa shape index (κ2) is 3.70. The topological polar surface area (TPSA) is 33.1 Å². The molecule has 0 amide bonds. The van der Waals surface area contributed by atoms with Crippen molar-refractivity contribution < 1.29 is 5.11 Å². The molecule has 2 heterocycles. The lowest BCUT2D eigenvalue weighted by Crippen LogP contribution is -2.14. The van der Waals surface area contributed by atoms with Gasteiger partial charge in [-0.25, -0.2) is 4.98 Å². The van der Waals surface area contributed by atoms with Crippen molar-refractivity contribution in [3.05, 3.63) is 27.4 Å². The third-order valence-electron chi connectivity index (χ3n) is 2.12. The Morgan fingerprint density at radius 3 is 2.53 bits per heavy atom. The van der Waals surface area contributed by atoms with Gasteiger partial charge in [0, 0.05) is 5.38 Å². The molecule has 15 heavy (non-hydrogen) atoms. The molecule has 80 valence electrons. The van der Waals surface area contributed by atoms with Gasteiger partial charge in [-0.2, -0.15) is 0 Å². The Balaban J connectivity index is 2.41. The highest BCUT2D eigenvalue weighted by Crippen LogP contribution is 2.32. The molecule has 0 atom stereocenters. The average molecular weight is 239 g/mol. The molecular weight excluding hydrogens is 226 g/mol. The lowest BCUT2D eigenvalue weighted by molar-refractivity contribution is 0.0783. The van der Waals surface area contributed by atoms with Crippen molar-refractivity contribution in [1.29, 1.82) is 0 Å². The van der Waals surface area contributed by atoms with Crippen LogP contribution in [0.1, 0.15) is 24.4 Å². The first kappa shape index (κ1) is 10.8. The lowest BCUT2D eigenvalue weighted by Gasteiger charge is -2.12. The van der Waals surface area contributed by atoms with E-state index in [9.17, 15) is 5.11 Å². The average Bonchev–Trinajstić information content (AvgIpc) is 2.69. The standard InChI is InChI=1S/C11H13NOS2/c1-7-4-5-14-9(7)8-6-15-10(12-8)11(2,3)13/h4-6,13H,1-3H3. The molecule has 0 unspecified atom stereocenters. The molecule has 0 aromatic carbocycles. The molecule has 0 spiro atoms. The summed E-state index contributed by atoms with van der Waals surface area (Å²) in [5.41, 5.74) is 1.38. The second-order valence-electron chi connectivity index (χ2n) is 4.03. The number of nitrogens with zero attached hydrogens (tertiary/aromatic N) is 1. The first-order chi connectivity index (χ1) is 6.98. The fourth-order valence-corrected chi connectivity index (χ4v) is 3.09. The van der Waals surface area contributed by atoms with E-state index in [1.165, 1.54) is 21.8 Å². The molecular formula is C11H13NOS2. The summed E-state index contributed by atoms with van der Waals surface area (Å²) in [5.74, 6) is 0. The van der Waals surface area contributed by atoms with Crippen LogP contribution < -0.4 is 0 Å². The second-order valence-corrected chi connectivity index (χ2v) is 5.80. The molecule has 0 saturated carbocycles. The number of hydrogen-bond acceptors (Lipinski definition) is 4. The first-order valence-electron chi connectivity index (χ1n) is 4.71. The quantitative estimate of drug-likeness (QED) is 0.871. The number of thiophene rings is 1. The van der Waals surface area contributed by atoms with Crippen LogP contribution in [0.25, 0.3) is 10.6 Å². The highest BCUT2D eigenvalue weighted by atomic mass is 32.1. The summed E-state index contributed by atoms with van der Waals surface area (Å²) in [6.45, 7) is 5.60. The van der Waals surface area contributed by atoms with Gasteiger partial charge in [-0.1, -0.05) is 0 Å². The highest BCUT2D eigenvalue weighted by Gasteiger charge is 2.21.